The molecule has 6 heteroatoms. The zero-order valence-corrected chi connectivity index (χ0v) is 16.5. The summed E-state index contributed by atoms with van der Waals surface area (Å²) in [6.07, 6.45) is 0.754. The molecular weight excluding hydrogens is 366 g/mol. The van der Waals surface area contributed by atoms with Crippen LogP contribution in [0, 0.1) is 11.3 Å². The molecule has 1 unspecified atom stereocenters. The number of hydrogen-bond donors (Lipinski definition) is 1. The minimum Gasteiger partial charge on any atom is -0.363 e. The van der Waals surface area contributed by atoms with Gasteiger partial charge in [-0.1, -0.05) is 25.1 Å². The molecule has 0 fully saturated rings. The third-order valence-electron chi connectivity index (χ3n) is 4.60. The molecule has 0 saturated heterocycles. The van der Waals surface area contributed by atoms with Gasteiger partial charge in [0.1, 0.15) is 11.6 Å². The van der Waals surface area contributed by atoms with Gasteiger partial charge in [-0.25, -0.2) is 15.0 Å². The van der Waals surface area contributed by atoms with Crippen LogP contribution in [0.2, 0.25) is 0 Å². The Kier molecular flexibility index (Phi) is 5.00. The Morgan fingerprint density at radius 3 is 2.86 bits per heavy atom. The van der Waals surface area contributed by atoms with Gasteiger partial charge in [0.2, 0.25) is 0 Å². The van der Waals surface area contributed by atoms with Gasteiger partial charge in [-0.15, -0.1) is 11.3 Å². The molecule has 5 nitrogen and oxygen atoms in total. The van der Waals surface area contributed by atoms with Crippen LogP contribution in [0.4, 0.5) is 5.82 Å². The van der Waals surface area contributed by atoms with Gasteiger partial charge in [0.15, 0.2) is 0 Å². The number of nitrogens with zero attached hydrogens (tertiary/aromatic N) is 4. The van der Waals surface area contributed by atoms with Crippen molar-refractivity contribution in [3.05, 3.63) is 71.0 Å². The molecule has 4 aromatic rings. The predicted octanol–water partition coefficient (Wildman–Crippen LogP) is 5.36. The molecule has 0 aliphatic carbocycles. The Hall–Kier alpha value is -3.30. The zero-order chi connectivity index (χ0) is 19.5. The molecule has 0 radical (unpaired) electrons. The summed E-state index contributed by atoms with van der Waals surface area (Å²) in [6.45, 7) is 4.11. The van der Waals surface area contributed by atoms with E-state index in [4.69, 9.17) is 10.2 Å². The van der Waals surface area contributed by atoms with E-state index in [0.29, 0.717) is 5.56 Å². The van der Waals surface area contributed by atoms with Crippen molar-refractivity contribution in [2.24, 2.45) is 0 Å². The molecule has 2 heterocycles. The van der Waals surface area contributed by atoms with Gasteiger partial charge in [-0.3, -0.25) is 0 Å². The maximum Gasteiger partial charge on any atom is 0.131 e. The summed E-state index contributed by atoms with van der Waals surface area (Å²) in [5.41, 5.74) is 6.50. The first kappa shape index (κ1) is 18.1. The van der Waals surface area contributed by atoms with Crippen LogP contribution in [0.1, 0.15) is 36.8 Å². The smallest absolute Gasteiger partial charge is 0.131 e. The number of aromatic nitrogens is 3. The Labute approximate surface area is 167 Å². The van der Waals surface area contributed by atoms with Crippen LogP contribution in [0.15, 0.2) is 54.0 Å². The van der Waals surface area contributed by atoms with Gasteiger partial charge in [0.05, 0.1) is 33.1 Å². The summed E-state index contributed by atoms with van der Waals surface area (Å²) in [6, 6.07) is 18.0. The van der Waals surface area contributed by atoms with Crippen LogP contribution < -0.4 is 5.32 Å². The van der Waals surface area contributed by atoms with Crippen LogP contribution >= 0.6 is 11.3 Å². The maximum atomic E-state index is 9.13. The van der Waals surface area contributed by atoms with Gasteiger partial charge in [0, 0.05) is 24.1 Å². The molecule has 138 valence electrons. The molecule has 0 aliphatic rings. The highest BCUT2D eigenvalue weighted by atomic mass is 32.1. The molecule has 0 saturated carbocycles. The second-order valence-electron chi connectivity index (χ2n) is 6.55. The number of rotatable bonds is 5. The van der Waals surface area contributed by atoms with Crippen molar-refractivity contribution in [2.75, 3.05) is 5.32 Å². The molecule has 0 amide bonds. The Morgan fingerprint density at radius 2 is 2.04 bits per heavy atom. The lowest BCUT2D eigenvalue weighted by Gasteiger charge is -2.16. The highest BCUT2D eigenvalue weighted by Gasteiger charge is 2.11. The van der Waals surface area contributed by atoms with E-state index in [-0.39, 0.29) is 6.04 Å². The number of nitrogens with one attached hydrogen (secondary N) is 1. The first-order chi connectivity index (χ1) is 13.7. The van der Waals surface area contributed by atoms with Crippen molar-refractivity contribution < 1.29 is 0 Å². The van der Waals surface area contributed by atoms with E-state index in [1.54, 1.807) is 11.3 Å². The molecule has 1 atom stereocenters. The number of benzene rings is 2. The lowest BCUT2D eigenvalue weighted by molar-refractivity contribution is 0.857. The standard InChI is InChI=1S/C22H19N5S/c1-3-21-26-19(17-7-8-18-20(10-17)28-13-24-18)11-22(27-21)25-14(2)16-6-4-5-15(9-16)12-23/h4-11,13-14H,3H2,1-2H3,(H,25,26,27). The SMILES string of the molecule is CCc1nc(NC(C)c2cccc(C#N)c2)cc(-c2ccc3ncsc3c2)n1. The zero-order valence-electron chi connectivity index (χ0n) is 15.7. The van der Waals surface area contributed by atoms with Gasteiger partial charge in [-0.2, -0.15) is 5.26 Å². The lowest BCUT2D eigenvalue weighted by atomic mass is 10.1. The number of nitriles is 1. The van der Waals surface area contributed by atoms with Crippen LogP contribution in [-0.4, -0.2) is 15.0 Å². The second kappa shape index (κ2) is 7.75. The first-order valence-electron chi connectivity index (χ1n) is 9.14. The van der Waals surface area contributed by atoms with E-state index in [0.717, 1.165) is 45.1 Å². The fraction of sp³-hybridized carbons (Fsp3) is 0.182. The van der Waals surface area contributed by atoms with Crippen molar-refractivity contribution in [3.63, 3.8) is 0 Å². The molecule has 0 aliphatic heterocycles. The number of aryl methyl sites for hydroxylation is 1. The summed E-state index contributed by atoms with van der Waals surface area (Å²) in [7, 11) is 0. The summed E-state index contributed by atoms with van der Waals surface area (Å²) in [4.78, 5) is 13.7. The first-order valence-corrected chi connectivity index (χ1v) is 10.0. The Balaban J connectivity index is 1.67. The highest BCUT2D eigenvalue weighted by molar-refractivity contribution is 7.16. The van der Waals surface area contributed by atoms with Crippen LogP contribution in [0.3, 0.4) is 0 Å². The summed E-state index contributed by atoms with van der Waals surface area (Å²) >= 11 is 1.63. The summed E-state index contributed by atoms with van der Waals surface area (Å²) in [5.74, 6) is 1.57. The minimum atomic E-state index is 0.0183. The van der Waals surface area contributed by atoms with E-state index < -0.39 is 0 Å². The molecule has 28 heavy (non-hydrogen) atoms. The van der Waals surface area contributed by atoms with Crippen LogP contribution in [0.5, 0.6) is 0 Å². The van der Waals surface area contributed by atoms with E-state index in [1.807, 2.05) is 48.0 Å². The van der Waals surface area contributed by atoms with Crippen molar-refractivity contribution >= 4 is 27.4 Å². The van der Waals surface area contributed by atoms with Crippen molar-refractivity contribution in [2.45, 2.75) is 26.3 Å². The fourth-order valence-electron chi connectivity index (χ4n) is 3.07. The molecule has 1 N–H and O–H groups in total. The van der Waals surface area contributed by atoms with Gasteiger partial charge >= 0.3 is 0 Å². The summed E-state index contributed by atoms with van der Waals surface area (Å²) < 4.78 is 1.14. The molecule has 0 spiro atoms. The van der Waals surface area contributed by atoms with Crippen LogP contribution in [0.25, 0.3) is 21.5 Å². The summed E-state index contributed by atoms with van der Waals surface area (Å²) in [5, 5.41) is 12.6. The number of thiazole rings is 1. The van der Waals surface area contributed by atoms with E-state index in [1.165, 1.54) is 0 Å². The van der Waals surface area contributed by atoms with E-state index in [9.17, 15) is 0 Å². The van der Waals surface area contributed by atoms with Crippen molar-refractivity contribution in [1.29, 1.82) is 5.26 Å². The molecule has 2 aromatic heterocycles. The highest BCUT2D eigenvalue weighted by Crippen LogP contribution is 2.27. The molecule has 2 aromatic carbocycles. The van der Waals surface area contributed by atoms with Crippen molar-refractivity contribution in [3.8, 4) is 17.3 Å². The fourth-order valence-corrected chi connectivity index (χ4v) is 3.79. The maximum absolute atomic E-state index is 9.13. The average molecular weight is 385 g/mol. The molecule has 4 rings (SSSR count). The predicted molar refractivity (Wildman–Crippen MR) is 113 cm³/mol. The number of hydrogen-bond acceptors (Lipinski definition) is 6. The number of anilines is 1. The second-order valence-corrected chi connectivity index (χ2v) is 7.43. The average Bonchev–Trinajstić information content (AvgIpc) is 3.21. The normalized spacial score (nSPS) is 11.9. The topological polar surface area (TPSA) is 74.5 Å². The largest absolute Gasteiger partial charge is 0.363 e. The molecular formula is C22H19N5S. The monoisotopic (exact) mass is 385 g/mol. The third kappa shape index (κ3) is 3.71. The van der Waals surface area contributed by atoms with Gasteiger partial charge in [-0.05, 0) is 36.8 Å². The number of fused-ring (bicyclic) bond motifs is 1. The van der Waals surface area contributed by atoms with E-state index >= 15 is 0 Å². The minimum absolute atomic E-state index is 0.0183. The van der Waals surface area contributed by atoms with Gasteiger partial charge < -0.3 is 5.32 Å². The molecule has 0 bridgehead atoms. The Bertz CT molecular complexity index is 1170. The third-order valence-corrected chi connectivity index (χ3v) is 5.39. The Morgan fingerprint density at radius 1 is 1.14 bits per heavy atom. The lowest BCUT2D eigenvalue weighted by Crippen LogP contribution is -2.10. The van der Waals surface area contributed by atoms with Crippen LogP contribution in [-0.2, 0) is 6.42 Å². The quantitative estimate of drug-likeness (QED) is 0.500. The van der Waals surface area contributed by atoms with Crippen molar-refractivity contribution in [1.82, 2.24) is 15.0 Å². The van der Waals surface area contributed by atoms with E-state index in [2.05, 4.69) is 41.3 Å². The van der Waals surface area contributed by atoms with Gasteiger partial charge in [0.25, 0.3) is 0 Å².